The molecule has 154 valence electrons. The summed E-state index contributed by atoms with van der Waals surface area (Å²) >= 11 is 4.63. The zero-order valence-electron chi connectivity index (χ0n) is 16.6. The van der Waals surface area contributed by atoms with Crippen LogP contribution in [0.2, 0.25) is 0 Å². The molecule has 0 saturated heterocycles. The van der Waals surface area contributed by atoms with Crippen molar-refractivity contribution in [2.75, 3.05) is 17.6 Å². The number of nitrogens with zero attached hydrogens (tertiary/aromatic N) is 2. The van der Waals surface area contributed by atoms with E-state index in [1.165, 1.54) is 11.8 Å². The molecule has 0 aliphatic rings. The first-order chi connectivity index (χ1) is 14.4. The number of hydrogen-bond donors (Lipinski definition) is 2. The lowest BCUT2D eigenvalue weighted by Crippen LogP contribution is -2.34. The fraction of sp³-hybridized carbons (Fsp3) is 0.182. The van der Waals surface area contributed by atoms with Crippen LogP contribution in [0.1, 0.15) is 11.3 Å². The molecule has 6 nitrogen and oxygen atoms in total. The number of carbonyl (C=O) groups is 2. The highest BCUT2D eigenvalue weighted by Gasteiger charge is 2.10. The van der Waals surface area contributed by atoms with Crippen LogP contribution in [0.4, 0.5) is 5.69 Å². The van der Waals surface area contributed by atoms with Crippen LogP contribution >= 0.6 is 27.7 Å². The van der Waals surface area contributed by atoms with Crippen molar-refractivity contribution in [1.29, 1.82) is 0 Å². The molecular weight excluding hydrogens is 464 g/mol. The van der Waals surface area contributed by atoms with E-state index in [4.69, 9.17) is 0 Å². The molecule has 2 amide bonds. The van der Waals surface area contributed by atoms with Crippen LogP contribution in [0.5, 0.6) is 0 Å². The van der Waals surface area contributed by atoms with Crippen molar-refractivity contribution < 1.29 is 9.59 Å². The molecule has 30 heavy (non-hydrogen) atoms. The van der Waals surface area contributed by atoms with Crippen molar-refractivity contribution in [1.82, 2.24) is 15.3 Å². The van der Waals surface area contributed by atoms with Crippen molar-refractivity contribution >= 4 is 45.2 Å². The van der Waals surface area contributed by atoms with E-state index >= 15 is 0 Å². The van der Waals surface area contributed by atoms with E-state index in [9.17, 15) is 9.59 Å². The van der Waals surface area contributed by atoms with Gasteiger partial charge < -0.3 is 10.6 Å². The van der Waals surface area contributed by atoms with Crippen molar-refractivity contribution in [2.45, 2.75) is 19.0 Å². The minimum absolute atomic E-state index is 0.0984. The first-order valence-corrected chi connectivity index (χ1v) is 11.0. The van der Waals surface area contributed by atoms with Gasteiger partial charge in [0.1, 0.15) is 0 Å². The molecule has 0 saturated carbocycles. The lowest BCUT2D eigenvalue weighted by Gasteiger charge is -2.10. The Balaban J connectivity index is 1.51. The third kappa shape index (κ3) is 6.40. The monoisotopic (exact) mass is 484 g/mol. The Kier molecular flexibility index (Phi) is 7.59. The molecule has 0 fully saturated rings. The number of carbonyl (C=O) groups excluding carboxylic acids is 2. The summed E-state index contributed by atoms with van der Waals surface area (Å²) in [6, 6.07) is 17.3. The third-order valence-electron chi connectivity index (χ3n) is 4.14. The van der Waals surface area contributed by atoms with Crippen LogP contribution < -0.4 is 10.6 Å². The molecular formula is C22H21BrN4O2S. The molecule has 0 bridgehead atoms. The normalized spacial score (nSPS) is 10.5. The smallest absolute Gasteiger partial charge is 0.243 e. The minimum atomic E-state index is -0.281. The lowest BCUT2D eigenvalue weighted by atomic mass is 10.1. The van der Waals surface area contributed by atoms with E-state index in [0.717, 1.165) is 27.0 Å². The zero-order chi connectivity index (χ0) is 21.5. The van der Waals surface area contributed by atoms with Crippen LogP contribution in [0.25, 0.3) is 11.3 Å². The number of halogens is 1. The summed E-state index contributed by atoms with van der Waals surface area (Å²) in [5.74, 6) is -0.409. The standard InChI is InChI=1S/C22H21BrN4O2S/c1-14-10-17(23)8-9-18(14)26-20(28)12-24-21(29)13-30-22-25-15(2)11-19(27-22)16-6-4-3-5-7-16/h3-11H,12-13H2,1-2H3,(H,24,29)(H,26,28). The second-order valence-corrected chi connectivity index (χ2v) is 8.47. The van der Waals surface area contributed by atoms with E-state index in [2.05, 4.69) is 36.5 Å². The molecule has 2 N–H and O–H groups in total. The summed E-state index contributed by atoms with van der Waals surface area (Å²) in [6.07, 6.45) is 0. The highest BCUT2D eigenvalue weighted by atomic mass is 79.9. The quantitative estimate of drug-likeness (QED) is 0.384. The number of thioether (sulfide) groups is 1. The second-order valence-electron chi connectivity index (χ2n) is 6.62. The van der Waals surface area contributed by atoms with Gasteiger partial charge in [-0.1, -0.05) is 58.0 Å². The Morgan fingerprint density at radius 3 is 2.50 bits per heavy atom. The summed E-state index contributed by atoms with van der Waals surface area (Å²) in [4.78, 5) is 33.2. The second kappa shape index (κ2) is 10.4. The van der Waals surface area contributed by atoms with Gasteiger partial charge in [0.2, 0.25) is 11.8 Å². The maximum absolute atomic E-state index is 12.2. The van der Waals surface area contributed by atoms with E-state index in [1.807, 2.05) is 68.4 Å². The van der Waals surface area contributed by atoms with Crippen LogP contribution in [-0.2, 0) is 9.59 Å². The largest absolute Gasteiger partial charge is 0.346 e. The van der Waals surface area contributed by atoms with Gasteiger partial charge in [-0.15, -0.1) is 0 Å². The molecule has 0 aliphatic carbocycles. The van der Waals surface area contributed by atoms with E-state index in [0.29, 0.717) is 10.8 Å². The Hall–Kier alpha value is -2.71. The van der Waals surface area contributed by atoms with Gasteiger partial charge >= 0.3 is 0 Å². The van der Waals surface area contributed by atoms with E-state index in [-0.39, 0.29) is 24.1 Å². The highest BCUT2D eigenvalue weighted by Crippen LogP contribution is 2.22. The van der Waals surface area contributed by atoms with Crippen molar-refractivity contribution in [3.8, 4) is 11.3 Å². The molecule has 0 aliphatic heterocycles. The summed E-state index contributed by atoms with van der Waals surface area (Å²) in [5, 5.41) is 5.95. The van der Waals surface area contributed by atoms with Crippen LogP contribution in [0, 0.1) is 13.8 Å². The summed E-state index contributed by atoms with van der Waals surface area (Å²) < 4.78 is 0.942. The topological polar surface area (TPSA) is 84.0 Å². The van der Waals surface area contributed by atoms with Gasteiger partial charge in [-0.25, -0.2) is 9.97 Å². The third-order valence-corrected chi connectivity index (χ3v) is 5.48. The minimum Gasteiger partial charge on any atom is -0.346 e. The number of amides is 2. The molecule has 0 unspecified atom stereocenters. The predicted octanol–water partition coefficient (Wildman–Crippen LogP) is 4.37. The fourth-order valence-electron chi connectivity index (χ4n) is 2.68. The average Bonchev–Trinajstić information content (AvgIpc) is 2.73. The summed E-state index contributed by atoms with van der Waals surface area (Å²) in [7, 11) is 0. The van der Waals surface area contributed by atoms with Gasteiger partial charge in [0, 0.05) is 21.4 Å². The number of aryl methyl sites for hydroxylation is 2. The molecule has 1 aromatic heterocycles. The predicted molar refractivity (Wildman–Crippen MR) is 123 cm³/mol. The molecule has 0 radical (unpaired) electrons. The van der Waals surface area contributed by atoms with Gasteiger partial charge in [0.05, 0.1) is 18.0 Å². The lowest BCUT2D eigenvalue weighted by molar-refractivity contribution is -0.122. The first kappa shape index (κ1) is 22.0. The molecule has 3 aromatic rings. The van der Waals surface area contributed by atoms with Crippen molar-refractivity contribution in [3.63, 3.8) is 0 Å². The Morgan fingerprint density at radius 1 is 1.00 bits per heavy atom. The van der Waals surface area contributed by atoms with E-state index < -0.39 is 0 Å². The van der Waals surface area contributed by atoms with E-state index in [1.54, 1.807) is 0 Å². The zero-order valence-corrected chi connectivity index (χ0v) is 19.0. The van der Waals surface area contributed by atoms with Gasteiger partial charge in [-0.2, -0.15) is 0 Å². The Labute approximate surface area is 188 Å². The average molecular weight is 485 g/mol. The number of nitrogens with one attached hydrogen (secondary N) is 2. The summed E-state index contributed by atoms with van der Waals surface area (Å²) in [5.41, 5.74) is 4.29. The molecule has 8 heteroatoms. The number of hydrogen-bond acceptors (Lipinski definition) is 5. The maximum atomic E-state index is 12.2. The van der Waals surface area contributed by atoms with Gasteiger partial charge in [0.25, 0.3) is 0 Å². The molecule has 0 atom stereocenters. The maximum Gasteiger partial charge on any atom is 0.243 e. The van der Waals surface area contributed by atoms with Crippen molar-refractivity contribution in [3.05, 3.63) is 70.3 Å². The SMILES string of the molecule is Cc1cc(-c2ccccc2)nc(SCC(=O)NCC(=O)Nc2ccc(Br)cc2C)n1. The Morgan fingerprint density at radius 2 is 1.77 bits per heavy atom. The number of rotatable bonds is 7. The number of anilines is 1. The van der Waals surface area contributed by atoms with Crippen LogP contribution in [-0.4, -0.2) is 34.1 Å². The summed E-state index contributed by atoms with van der Waals surface area (Å²) in [6.45, 7) is 3.70. The van der Waals surface area contributed by atoms with Crippen LogP contribution in [0.3, 0.4) is 0 Å². The Bertz CT molecular complexity index is 1060. The molecule has 3 rings (SSSR count). The van der Waals surface area contributed by atoms with Gasteiger partial charge in [-0.3, -0.25) is 9.59 Å². The van der Waals surface area contributed by atoms with Crippen LogP contribution in [0.15, 0.2) is 64.2 Å². The van der Waals surface area contributed by atoms with Gasteiger partial charge in [0.15, 0.2) is 5.16 Å². The first-order valence-electron chi connectivity index (χ1n) is 9.27. The van der Waals surface area contributed by atoms with Crippen molar-refractivity contribution in [2.24, 2.45) is 0 Å². The molecule has 2 aromatic carbocycles. The number of aromatic nitrogens is 2. The number of benzene rings is 2. The molecule has 1 heterocycles. The highest BCUT2D eigenvalue weighted by molar-refractivity contribution is 9.10. The van der Waals surface area contributed by atoms with Gasteiger partial charge in [-0.05, 0) is 43.7 Å². The fourth-order valence-corrected chi connectivity index (χ4v) is 3.89. The molecule has 0 spiro atoms.